The maximum absolute atomic E-state index is 11.6. The highest BCUT2D eigenvalue weighted by Gasteiger charge is 2.02. The van der Waals surface area contributed by atoms with E-state index in [2.05, 4.69) is 18.8 Å². The fourth-order valence-electron chi connectivity index (χ4n) is 2.57. The maximum atomic E-state index is 11.6. The average molecular weight is 328 g/mol. The van der Waals surface area contributed by atoms with Crippen molar-refractivity contribution in [2.45, 2.75) is 77.6 Å². The summed E-state index contributed by atoms with van der Waals surface area (Å²) in [6.07, 6.45) is 12.6. The predicted molar refractivity (Wildman–Crippen MR) is 101 cm³/mol. The molecule has 0 fully saturated rings. The van der Waals surface area contributed by atoms with Crippen molar-refractivity contribution in [1.29, 1.82) is 0 Å². The van der Waals surface area contributed by atoms with Gasteiger partial charge in [-0.3, -0.25) is 4.79 Å². The van der Waals surface area contributed by atoms with Crippen molar-refractivity contribution in [3.8, 4) is 11.8 Å². The zero-order valence-corrected chi connectivity index (χ0v) is 15.2. The van der Waals surface area contributed by atoms with Crippen LogP contribution >= 0.6 is 0 Å². The second-order valence-electron chi connectivity index (χ2n) is 6.22. The minimum absolute atomic E-state index is 0.166. The minimum atomic E-state index is -0.166. The zero-order chi connectivity index (χ0) is 17.3. The van der Waals surface area contributed by atoms with Gasteiger partial charge >= 0.3 is 5.97 Å². The van der Waals surface area contributed by atoms with Gasteiger partial charge in [0.15, 0.2) is 6.61 Å². The number of carbonyl (C=O) groups excluding carboxylic acids is 1. The molecule has 24 heavy (non-hydrogen) atoms. The lowest BCUT2D eigenvalue weighted by Crippen LogP contribution is -2.05. The monoisotopic (exact) mass is 328 g/mol. The molecule has 1 aromatic carbocycles. The standard InChI is InChI=1S/C22H32O2/c1-2-3-4-5-6-7-8-9-10-11-15-20-24-22(23)19-18-21-16-13-12-14-17-21/h12-14,16-17H,2-10,18-20H2,1H3. The summed E-state index contributed by atoms with van der Waals surface area (Å²) in [4.78, 5) is 11.6. The Morgan fingerprint density at radius 3 is 2.29 bits per heavy atom. The fraction of sp³-hybridized carbons (Fsp3) is 0.591. The Morgan fingerprint density at radius 1 is 0.917 bits per heavy atom. The van der Waals surface area contributed by atoms with Crippen LogP contribution in [0.25, 0.3) is 0 Å². The van der Waals surface area contributed by atoms with E-state index in [1.165, 1.54) is 44.9 Å². The molecular formula is C22H32O2. The molecule has 1 rings (SSSR count). The quantitative estimate of drug-likeness (QED) is 0.279. The van der Waals surface area contributed by atoms with Gasteiger partial charge in [0.1, 0.15) is 0 Å². The molecule has 0 spiro atoms. The van der Waals surface area contributed by atoms with Crippen LogP contribution in [-0.2, 0) is 16.0 Å². The van der Waals surface area contributed by atoms with Crippen LogP contribution in [0.4, 0.5) is 0 Å². The molecule has 132 valence electrons. The molecule has 0 aromatic heterocycles. The first-order valence-electron chi connectivity index (χ1n) is 9.48. The van der Waals surface area contributed by atoms with Gasteiger partial charge in [-0.25, -0.2) is 0 Å². The van der Waals surface area contributed by atoms with E-state index in [4.69, 9.17) is 4.74 Å². The summed E-state index contributed by atoms with van der Waals surface area (Å²) in [6.45, 7) is 2.48. The number of hydrogen-bond acceptors (Lipinski definition) is 2. The van der Waals surface area contributed by atoms with Gasteiger partial charge < -0.3 is 4.74 Å². The number of carbonyl (C=O) groups is 1. The summed E-state index contributed by atoms with van der Waals surface area (Å²) < 4.78 is 5.13. The van der Waals surface area contributed by atoms with Crippen molar-refractivity contribution < 1.29 is 9.53 Å². The molecule has 2 heteroatoms. The van der Waals surface area contributed by atoms with E-state index in [1.54, 1.807) is 0 Å². The molecule has 0 saturated carbocycles. The van der Waals surface area contributed by atoms with E-state index in [9.17, 15) is 4.79 Å². The van der Waals surface area contributed by atoms with E-state index in [-0.39, 0.29) is 12.6 Å². The lowest BCUT2D eigenvalue weighted by atomic mass is 10.1. The van der Waals surface area contributed by atoms with Gasteiger partial charge in [0.05, 0.1) is 0 Å². The number of rotatable bonds is 12. The number of unbranched alkanes of at least 4 members (excludes halogenated alkanes) is 8. The van der Waals surface area contributed by atoms with Crippen LogP contribution in [0.5, 0.6) is 0 Å². The third-order valence-corrected chi connectivity index (χ3v) is 4.05. The largest absolute Gasteiger partial charge is 0.452 e. The summed E-state index contributed by atoms with van der Waals surface area (Å²) >= 11 is 0. The topological polar surface area (TPSA) is 26.3 Å². The van der Waals surface area contributed by atoms with Crippen LogP contribution < -0.4 is 0 Å². The Kier molecular flexibility index (Phi) is 12.5. The van der Waals surface area contributed by atoms with Crippen molar-refractivity contribution >= 4 is 5.97 Å². The molecule has 2 nitrogen and oxygen atoms in total. The molecule has 0 atom stereocenters. The van der Waals surface area contributed by atoms with E-state index < -0.39 is 0 Å². The molecule has 1 aromatic rings. The number of ether oxygens (including phenoxy) is 1. The van der Waals surface area contributed by atoms with Gasteiger partial charge in [-0.15, -0.1) is 0 Å². The molecular weight excluding hydrogens is 296 g/mol. The maximum Gasteiger partial charge on any atom is 0.307 e. The number of aryl methyl sites for hydroxylation is 1. The normalized spacial score (nSPS) is 10.0. The van der Waals surface area contributed by atoms with Crippen LogP contribution in [0.15, 0.2) is 30.3 Å². The van der Waals surface area contributed by atoms with Crippen molar-refractivity contribution in [3.63, 3.8) is 0 Å². The summed E-state index contributed by atoms with van der Waals surface area (Å²) in [5.74, 6) is 5.87. The Bertz CT molecular complexity index is 482. The van der Waals surface area contributed by atoms with Crippen molar-refractivity contribution in [2.24, 2.45) is 0 Å². The highest BCUT2D eigenvalue weighted by atomic mass is 16.5. The highest BCUT2D eigenvalue weighted by Crippen LogP contribution is 2.09. The van der Waals surface area contributed by atoms with Gasteiger partial charge in [-0.1, -0.05) is 94.0 Å². The molecule has 0 N–H and O–H groups in total. The third kappa shape index (κ3) is 11.8. The van der Waals surface area contributed by atoms with Crippen LogP contribution in [-0.4, -0.2) is 12.6 Å². The lowest BCUT2D eigenvalue weighted by molar-refractivity contribution is -0.142. The number of benzene rings is 1. The SMILES string of the molecule is CCCCCCCCCCC#CCOC(=O)CCc1ccccc1. The van der Waals surface area contributed by atoms with Gasteiger partial charge in [0.25, 0.3) is 0 Å². The summed E-state index contributed by atoms with van der Waals surface area (Å²) in [7, 11) is 0. The molecule has 0 radical (unpaired) electrons. The zero-order valence-electron chi connectivity index (χ0n) is 15.2. The Hall–Kier alpha value is -1.75. The molecule has 0 bridgehead atoms. The van der Waals surface area contributed by atoms with E-state index >= 15 is 0 Å². The second kappa shape index (κ2) is 14.8. The number of hydrogen-bond donors (Lipinski definition) is 0. The predicted octanol–water partition coefficient (Wildman–Crippen LogP) is 5.70. The van der Waals surface area contributed by atoms with Crippen LogP contribution in [0.2, 0.25) is 0 Å². The Balaban J connectivity index is 1.92. The van der Waals surface area contributed by atoms with Gasteiger partial charge in [-0.2, -0.15) is 0 Å². The molecule has 0 aliphatic heterocycles. The van der Waals surface area contributed by atoms with E-state index in [0.717, 1.165) is 24.8 Å². The first kappa shape index (κ1) is 20.3. The molecule has 0 aliphatic carbocycles. The summed E-state index contributed by atoms with van der Waals surface area (Å²) in [6, 6.07) is 9.99. The summed E-state index contributed by atoms with van der Waals surface area (Å²) in [5.41, 5.74) is 1.16. The highest BCUT2D eigenvalue weighted by molar-refractivity contribution is 5.69. The Labute approximate surface area is 148 Å². The van der Waals surface area contributed by atoms with E-state index in [0.29, 0.717) is 6.42 Å². The smallest absolute Gasteiger partial charge is 0.307 e. The minimum Gasteiger partial charge on any atom is -0.452 e. The molecule has 0 unspecified atom stereocenters. The average Bonchev–Trinajstić information content (AvgIpc) is 2.62. The fourth-order valence-corrected chi connectivity index (χ4v) is 2.57. The van der Waals surface area contributed by atoms with Gasteiger partial charge in [0.2, 0.25) is 0 Å². The second-order valence-corrected chi connectivity index (χ2v) is 6.22. The first-order valence-corrected chi connectivity index (χ1v) is 9.48. The van der Waals surface area contributed by atoms with Crippen molar-refractivity contribution in [2.75, 3.05) is 6.61 Å². The van der Waals surface area contributed by atoms with Crippen LogP contribution in [0, 0.1) is 11.8 Å². The van der Waals surface area contributed by atoms with Crippen molar-refractivity contribution in [1.82, 2.24) is 0 Å². The molecule has 0 aliphatic rings. The molecule has 0 amide bonds. The lowest BCUT2D eigenvalue weighted by Gasteiger charge is -2.01. The van der Waals surface area contributed by atoms with Gasteiger partial charge in [-0.05, 0) is 18.4 Å². The molecule has 0 heterocycles. The van der Waals surface area contributed by atoms with E-state index in [1.807, 2.05) is 30.3 Å². The van der Waals surface area contributed by atoms with Crippen LogP contribution in [0.3, 0.4) is 0 Å². The number of esters is 1. The summed E-state index contributed by atoms with van der Waals surface area (Å²) in [5, 5.41) is 0. The van der Waals surface area contributed by atoms with Crippen LogP contribution in [0.1, 0.15) is 76.7 Å². The van der Waals surface area contributed by atoms with Crippen molar-refractivity contribution in [3.05, 3.63) is 35.9 Å². The molecule has 0 saturated heterocycles. The van der Waals surface area contributed by atoms with Gasteiger partial charge in [0, 0.05) is 12.8 Å². The third-order valence-electron chi connectivity index (χ3n) is 4.05. The Morgan fingerprint density at radius 2 is 1.58 bits per heavy atom. The first-order chi connectivity index (χ1) is 11.8.